The summed E-state index contributed by atoms with van der Waals surface area (Å²) in [6.45, 7) is 3.33. The van der Waals surface area contributed by atoms with Gasteiger partial charge in [-0.2, -0.15) is 13.2 Å². The zero-order valence-electron chi connectivity index (χ0n) is 15.6. The Kier molecular flexibility index (Phi) is 9.30. The maximum Gasteiger partial charge on any atom is 0.448 e. The second-order valence-electron chi connectivity index (χ2n) is 5.62. The van der Waals surface area contributed by atoms with Gasteiger partial charge < -0.3 is 15.2 Å². The first-order valence-corrected chi connectivity index (χ1v) is 8.33. The number of ether oxygens (including phenoxy) is 1. The van der Waals surface area contributed by atoms with Crippen LogP contribution in [0.4, 0.5) is 13.2 Å². The van der Waals surface area contributed by atoms with Crippen molar-refractivity contribution in [2.24, 2.45) is 0 Å². The highest BCUT2D eigenvalue weighted by molar-refractivity contribution is 5.93. The minimum atomic E-state index is -4.41. The minimum Gasteiger partial charge on any atom is -0.493 e. The molecule has 1 amide bonds. The summed E-state index contributed by atoms with van der Waals surface area (Å²) >= 11 is 0. The molecular formula is C19H21F3N3O4+. The van der Waals surface area contributed by atoms with Crippen LogP contribution < -0.4 is 10.00 Å². The van der Waals surface area contributed by atoms with E-state index in [0.717, 1.165) is 12.7 Å². The summed E-state index contributed by atoms with van der Waals surface area (Å²) in [6.07, 6.45) is -1.38. The Hall–Kier alpha value is -3.43. The smallest absolute Gasteiger partial charge is 0.448 e. The Morgan fingerprint density at radius 1 is 1.24 bits per heavy atom. The molecule has 0 fully saturated rings. The molecule has 1 aromatic carbocycles. The van der Waals surface area contributed by atoms with Gasteiger partial charge in [0.2, 0.25) is 0 Å². The Labute approximate surface area is 165 Å². The van der Waals surface area contributed by atoms with E-state index in [1.54, 1.807) is 12.3 Å². The first-order valence-electron chi connectivity index (χ1n) is 8.33. The number of hydrogen-bond acceptors (Lipinski definition) is 4. The second-order valence-corrected chi connectivity index (χ2v) is 5.62. The Balaban J connectivity index is 0.000000447. The van der Waals surface area contributed by atoms with Crippen LogP contribution in [-0.2, 0) is 22.6 Å². The quantitative estimate of drug-likeness (QED) is 0.539. The largest absolute Gasteiger partial charge is 0.493 e. The summed E-state index contributed by atoms with van der Waals surface area (Å²) in [6, 6.07) is 11.2. The van der Waals surface area contributed by atoms with Gasteiger partial charge >= 0.3 is 12.1 Å². The molecule has 156 valence electrons. The number of amides is 1. The van der Waals surface area contributed by atoms with E-state index >= 15 is 0 Å². The Morgan fingerprint density at radius 3 is 2.34 bits per heavy atom. The van der Waals surface area contributed by atoms with Gasteiger partial charge in [-0.3, -0.25) is 9.59 Å². The molecular weight excluding hydrogens is 391 g/mol. The number of allylic oxidation sites excluding steroid dienone is 1. The van der Waals surface area contributed by atoms with E-state index in [0.29, 0.717) is 12.1 Å². The average molecular weight is 412 g/mol. The number of hydrogen-bond donors (Lipinski definition) is 2. The summed E-state index contributed by atoms with van der Waals surface area (Å²) in [5.41, 5.74) is 1.46. The van der Waals surface area contributed by atoms with Gasteiger partial charge in [-0.15, -0.1) is 0 Å². The molecule has 2 N–H and O–H groups in total. The lowest BCUT2D eigenvalue weighted by Gasteiger charge is -2.06. The molecule has 2 rings (SSSR count). The molecule has 29 heavy (non-hydrogen) atoms. The maximum atomic E-state index is 11.9. The number of halogens is 3. The molecule has 0 aliphatic rings. The van der Waals surface area contributed by atoms with E-state index in [2.05, 4.69) is 21.7 Å². The van der Waals surface area contributed by atoms with Crippen molar-refractivity contribution in [1.29, 1.82) is 0 Å². The van der Waals surface area contributed by atoms with Gasteiger partial charge in [-0.25, -0.2) is 0 Å². The van der Waals surface area contributed by atoms with Crippen molar-refractivity contribution in [1.82, 2.24) is 10.4 Å². The van der Waals surface area contributed by atoms with Crippen LogP contribution in [0.2, 0.25) is 0 Å². The summed E-state index contributed by atoms with van der Waals surface area (Å²) in [5, 5.41) is 15.4. The molecule has 0 saturated carbocycles. The van der Waals surface area contributed by atoms with Crippen LogP contribution in [-0.4, -0.2) is 35.4 Å². The molecule has 0 bridgehead atoms. The molecule has 1 aromatic heterocycles. The number of carbonyl (C=O) groups excluding carboxylic acids is 1. The average Bonchev–Trinajstić information content (AvgIpc) is 2.70. The van der Waals surface area contributed by atoms with Gasteiger partial charge in [0.25, 0.3) is 5.91 Å². The van der Waals surface area contributed by atoms with Gasteiger partial charge in [0, 0.05) is 12.6 Å². The molecule has 0 unspecified atom stereocenters. The number of carbonyl (C=O) groups is 2. The zero-order valence-corrected chi connectivity index (χ0v) is 15.6. The number of aromatic nitrogens is 2. The van der Waals surface area contributed by atoms with Crippen LogP contribution in [0.25, 0.3) is 0 Å². The predicted octanol–water partition coefficient (Wildman–Crippen LogP) is 2.48. The molecule has 0 aliphatic heterocycles. The topological polar surface area (TPSA) is 92.4 Å². The molecule has 0 aliphatic carbocycles. The van der Waals surface area contributed by atoms with Gasteiger partial charge in [0.15, 0.2) is 18.5 Å². The minimum absolute atomic E-state index is 0.00276. The Bertz CT molecular complexity index is 810. The third-order valence-electron chi connectivity index (χ3n) is 3.45. The number of methoxy groups -OCH3 is 1. The van der Waals surface area contributed by atoms with E-state index in [9.17, 15) is 22.8 Å². The molecule has 10 heteroatoms. The van der Waals surface area contributed by atoms with Crippen LogP contribution in [0.5, 0.6) is 0 Å². The van der Waals surface area contributed by atoms with Crippen LogP contribution in [0.3, 0.4) is 0 Å². The lowest BCUT2D eigenvalue weighted by molar-refractivity contribution is -0.753. The van der Waals surface area contributed by atoms with Crippen molar-refractivity contribution in [2.45, 2.75) is 25.7 Å². The Morgan fingerprint density at radius 2 is 1.90 bits per heavy atom. The fourth-order valence-electron chi connectivity index (χ4n) is 1.86. The molecule has 0 saturated heterocycles. The molecule has 7 nitrogen and oxygen atoms in total. The third kappa shape index (κ3) is 9.36. The molecule has 0 spiro atoms. The molecule has 1 heterocycles. The number of aliphatic carboxylic acids is 1. The molecule has 0 atom stereocenters. The standard InChI is InChI=1S/C15H15N3O3.C4H5F3O/c19-14(20)7-9-18-8-6-13(11-17-18)15(21)16-10-12-4-2-1-3-5-12;1-3(8-2)4(5,6)7/h1-6,8,11H,7,9-10H2,(H-,16,19,20,21);1H2,2H3/p+1. The van der Waals surface area contributed by atoms with E-state index in [1.165, 1.54) is 10.9 Å². The number of rotatable bonds is 7. The summed E-state index contributed by atoms with van der Waals surface area (Å²) in [7, 11) is 0.926. The maximum absolute atomic E-state index is 11.9. The van der Waals surface area contributed by atoms with Crippen molar-refractivity contribution in [3.05, 3.63) is 72.3 Å². The highest BCUT2D eigenvalue weighted by atomic mass is 19.4. The lowest BCUT2D eigenvalue weighted by atomic mass is 10.2. The number of nitrogens with zero attached hydrogens (tertiary/aromatic N) is 2. The van der Waals surface area contributed by atoms with Crippen LogP contribution >= 0.6 is 0 Å². The van der Waals surface area contributed by atoms with Gasteiger partial charge in [0.1, 0.15) is 12.6 Å². The number of benzene rings is 1. The number of nitrogens with one attached hydrogen (secondary N) is 1. The van der Waals surface area contributed by atoms with Crippen LogP contribution in [0.15, 0.2) is 61.1 Å². The van der Waals surface area contributed by atoms with E-state index in [1.807, 2.05) is 30.3 Å². The van der Waals surface area contributed by atoms with Crippen molar-refractivity contribution in [3.63, 3.8) is 0 Å². The summed E-state index contributed by atoms with van der Waals surface area (Å²) in [4.78, 5) is 22.4. The fourth-order valence-corrected chi connectivity index (χ4v) is 1.86. The highest BCUT2D eigenvalue weighted by Gasteiger charge is 2.33. The van der Waals surface area contributed by atoms with Gasteiger partial charge in [-0.05, 0) is 10.7 Å². The first-order chi connectivity index (χ1) is 13.6. The fraction of sp³-hybridized carbons (Fsp3) is 0.263. The van der Waals surface area contributed by atoms with Crippen LogP contribution in [0.1, 0.15) is 22.3 Å². The lowest BCUT2D eigenvalue weighted by Crippen LogP contribution is -2.39. The first kappa shape index (κ1) is 23.6. The number of carboxylic acid groups (broad SMARTS) is 1. The zero-order chi connectivity index (χ0) is 21.9. The SMILES string of the molecule is C=C(OC)C(F)(F)F.O=C(O)CC[n+]1ccc(C(=O)NCc2ccccc2)cn1. The number of alkyl halides is 3. The third-order valence-corrected chi connectivity index (χ3v) is 3.45. The second kappa shape index (κ2) is 11.4. The summed E-state index contributed by atoms with van der Waals surface area (Å²) in [5.74, 6) is -2.26. The van der Waals surface area contributed by atoms with E-state index < -0.39 is 17.9 Å². The van der Waals surface area contributed by atoms with Crippen molar-refractivity contribution >= 4 is 11.9 Å². The van der Waals surface area contributed by atoms with Crippen molar-refractivity contribution in [3.8, 4) is 0 Å². The van der Waals surface area contributed by atoms with E-state index in [4.69, 9.17) is 5.11 Å². The summed E-state index contributed by atoms with van der Waals surface area (Å²) < 4.78 is 39.0. The number of aryl methyl sites for hydroxylation is 1. The highest BCUT2D eigenvalue weighted by Crippen LogP contribution is 2.23. The molecule has 2 aromatic rings. The normalized spacial score (nSPS) is 10.3. The van der Waals surface area contributed by atoms with Crippen molar-refractivity contribution in [2.75, 3.05) is 7.11 Å². The molecule has 0 radical (unpaired) electrons. The predicted molar refractivity (Wildman–Crippen MR) is 96.5 cm³/mol. The van der Waals surface area contributed by atoms with Crippen molar-refractivity contribution < 1.29 is 37.3 Å². The van der Waals surface area contributed by atoms with Gasteiger partial charge in [0.05, 0.1) is 12.7 Å². The monoisotopic (exact) mass is 412 g/mol. The number of carboxylic acids is 1. The van der Waals surface area contributed by atoms with Gasteiger partial charge in [-0.1, -0.05) is 41.6 Å². The van der Waals surface area contributed by atoms with E-state index in [-0.39, 0.29) is 18.9 Å². The van der Waals surface area contributed by atoms with Crippen LogP contribution in [0, 0.1) is 0 Å².